The van der Waals surface area contributed by atoms with Gasteiger partial charge in [-0.25, -0.2) is 0 Å². The highest BCUT2D eigenvalue weighted by molar-refractivity contribution is 6.52. The van der Waals surface area contributed by atoms with Crippen LogP contribution in [0.25, 0.3) is 16.9 Å². The van der Waals surface area contributed by atoms with E-state index < -0.39 is 11.6 Å². The molecule has 0 amide bonds. The van der Waals surface area contributed by atoms with Crippen molar-refractivity contribution in [2.75, 3.05) is 0 Å². The maximum atomic E-state index is 12.4. The normalized spacial score (nSPS) is 13.6. The number of hydrogen-bond donors (Lipinski definition) is 1. The van der Waals surface area contributed by atoms with Gasteiger partial charge in [0.05, 0.1) is 0 Å². The first kappa shape index (κ1) is 17.0. The minimum atomic E-state index is -0.605. The summed E-state index contributed by atoms with van der Waals surface area (Å²) in [6.07, 6.45) is 0.908. The molecular formula is C24H18O3. The third-order valence-electron chi connectivity index (χ3n) is 4.92. The number of ketones is 2. The van der Waals surface area contributed by atoms with Crippen molar-refractivity contribution < 1.29 is 14.7 Å². The predicted octanol–water partition coefficient (Wildman–Crippen LogP) is 5.02. The Morgan fingerprint density at radius 3 is 1.89 bits per heavy atom. The van der Waals surface area contributed by atoms with Crippen molar-refractivity contribution in [2.45, 2.75) is 12.8 Å². The van der Waals surface area contributed by atoms with Gasteiger partial charge >= 0.3 is 0 Å². The summed E-state index contributed by atoms with van der Waals surface area (Å²) in [5.74, 6) is -1.22. The van der Waals surface area contributed by atoms with Crippen molar-refractivity contribution in [3.8, 4) is 11.1 Å². The maximum Gasteiger partial charge on any atom is 0.234 e. The molecule has 1 aliphatic rings. The molecule has 3 aromatic carbocycles. The molecule has 0 aliphatic heterocycles. The van der Waals surface area contributed by atoms with Crippen LogP contribution in [0.4, 0.5) is 0 Å². The van der Waals surface area contributed by atoms with Gasteiger partial charge in [0.15, 0.2) is 0 Å². The number of allylic oxidation sites excluding steroid dienone is 1. The van der Waals surface area contributed by atoms with E-state index in [1.807, 2.05) is 42.5 Å². The molecule has 27 heavy (non-hydrogen) atoms. The quantitative estimate of drug-likeness (QED) is 0.669. The Kier molecular flexibility index (Phi) is 4.43. The Bertz CT molecular complexity index is 1040. The molecule has 0 saturated heterocycles. The number of Topliss-reactive ketones (excluding diaryl/α,β-unsaturated/α-hetero) is 2. The molecule has 0 saturated carbocycles. The molecule has 0 fully saturated rings. The largest absolute Gasteiger partial charge is 0.507 e. The van der Waals surface area contributed by atoms with Crippen molar-refractivity contribution >= 4 is 17.3 Å². The Balaban J connectivity index is 1.55. The fourth-order valence-corrected chi connectivity index (χ4v) is 3.41. The molecule has 0 atom stereocenters. The average Bonchev–Trinajstić information content (AvgIpc) is 2.73. The van der Waals surface area contributed by atoms with Gasteiger partial charge in [-0.3, -0.25) is 9.59 Å². The molecule has 132 valence electrons. The van der Waals surface area contributed by atoms with Gasteiger partial charge in [-0.2, -0.15) is 0 Å². The number of carbonyl (C=O) groups excluding carboxylic acids is 2. The lowest BCUT2D eigenvalue weighted by Gasteiger charge is -2.17. The van der Waals surface area contributed by atoms with Gasteiger partial charge in [0.1, 0.15) is 5.76 Å². The number of benzene rings is 3. The van der Waals surface area contributed by atoms with Crippen LogP contribution in [0.15, 0.2) is 84.4 Å². The lowest BCUT2D eigenvalue weighted by molar-refractivity contribution is -0.112. The van der Waals surface area contributed by atoms with Crippen molar-refractivity contribution in [3.05, 3.63) is 101 Å². The van der Waals surface area contributed by atoms with Gasteiger partial charge in [0.2, 0.25) is 11.6 Å². The standard InChI is InChI=1S/C24H18O3/c25-22-19-8-4-5-9-20(19)23(26)24(27)21(22)15-12-16-10-13-18(14-11-16)17-6-2-1-3-7-17/h1-11,13-14,25H,12,15H2. The van der Waals surface area contributed by atoms with Crippen LogP contribution < -0.4 is 0 Å². The van der Waals surface area contributed by atoms with Crippen LogP contribution in [0.2, 0.25) is 0 Å². The predicted molar refractivity (Wildman–Crippen MR) is 106 cm³/mol. The molecule has 4 rings (SSSR count). The van der Waals surface area contributed by atoms with Crippen LogP contribution in [-0.2, 0) is 11.2 Å². The highest BCUT2D eigenvalue weighted by Crippen LogP contribution is 2.30. The van der Waals surface area contributed by atoms with Crippen LogP contribution in [0.1, 0.15) is 27.9 Å². The zero-order valence-electron chi connectivity index (χ0n) is 14.7. The van der Waals surface area contributed by atoms with E-state index in [9.17, 15) is 14.7 Å². The van der Waals surface area contributed by atoms with Gasteiger partial charge in [0, 0.05) is 16.7 Å². The Labute approximate surface area is 157 Å². The second-order valence-electron chi connectivity index (χ2n) is 6.59. The van der Waals surface area contributed by atoms with Crippen LogP contribution in [0, 0.1) is 0 Å². The van der Waals surface area contributed by atoms with E-state index in [4.69, 9.17) is 0 Å². The number of rotatable bonds is 4. The van der Waals surface area contributed by atoms with E-state index in [0.717, 1.165) is 16.7 Å². The van der Waals surface area contributed by atoms with Gasteiger partial charge < -0.3 is 5.11 Å². The summed E-state index contributed by atoms with van der Waals surface area (Å²) >= 11 is 0. The Morgan fingerprint density at radius 2 is 1.19 bits per heavy atom. The molecule has 1 N–H and O–H groups in total. The zero-order valence-corrected chi connectivity index (χ0v) is 14.7. The summed E-state index contributed by atoms with van der Waals surface area (Å²) in [5, 5.41) is 10.5. The van der Waals surface area contributed by atoms with E-state index in [1.165, 1.54) is 0 Å². The van der Waals surface area contributed by atoms with Crippen LogP contribution in [-0.4, -0.2) is 16.7 Å². The van der Waals surface area contributed by atoms with Crippen molar-refractivity contribution in [1.82, 2.24) is 0 Å². The van der Waals surface area contributed by atoms with Crippen molar-refractivity contribution in [1.29, 1.82) is 0 Å². The van der Waals surface area contributed by atoms with Crippen LogP contribution in [0.5, 0.6) is 0 Å². The van der Waals surface area contributed by atoms with E-state index in [-0.39, 0.29) is 16.9 Å². The molecule has 3 heteroatoms. The SMILES string of the molecule is O=C1C(=O)c2ccccc2C(O)=C1CCc1ccc(-c2ccccc2)cc1. The van der Waals surface area contributed by atoms with Crippen molar-refractivity contribution in [3.63, 3.8) is 0 Å². The number of aliphatic hydroxyl groups excluding tert-OH is 1. The van der Waals surface area contributed by atoms with E-state index in [0.29, 0.717) is 18.4 Å². The van der Waals surface area contributed by atoms with E-state index >= 15 is 0 Å². The number of hydrogen-bond acceptors (Lipinski definition) is 3. The molecule has 0 bridgehead atoms. The van der Waals surface area contributed by atoms with E-state index in [2.05, 4.69) is 12.1 Å². The third-order valence-corrected chi connectivity index (χ3v) is 4.92. The zero-order chi connectivity index (χ0) is 18.8. The number of aryl methyl sites for hydroxylation is 1. The second-order valence-corrected chi connectivity index (χ2v) is 6.59. The molecule has 0 aromatic heterocycles. The highest BCUT2D eigenvalue weighted by atomic mass is 16.3. The molecule has 0 radical (unpaired) electrons. The topological polar surface area (TPSA) is 54.4 Å². The van der Waals surface area contributed by atoms with Gasteiger partial charge in [-0.15, -0.1) is 0 Å². The molecule has 3 aromatic rings. The fourth-order valence-electron chi connectivity index (χ4n) is 3.41. The summed E-state index contributed by atoms with van der Waals surface area (Å²) in [7, 11) is 0. The number of carbonyl (C=O) groups is 2. The average molecular weight is 354 g/mol. The van der Waals surface area contributed by atoms with Gasteiger partial charge in [0.25, 0.3) is 0 Å². The third kappa shape index (κ3) is 3.20. The summed E-state index contributed by atoms with van der Waals surface area (Å²) in [5.41, 5.74) is 4.24. The van der Waals surface area contributed by atoms with Gasteiger partial charge in [-0.05, 0) is 29.5 Å². The first-order valence-corrected chi connectivity index (χ1v) is 8.90. The molecular weight excluding hydrogens is 336 g/mol. The molecule has 0 spiro atoms. The summed E-state index contributed by atoms with van der Waals surface area (Å²) < 4.78 is 0. The van der Waals surface area contributed by atoms with Gasteiger partial charge in [-0.1, -0.05) is 78.9 Å². The first-order chi connectivity index (χ1) is 13.1. The fraction of sp³-hybridized carbons (Fsp3) is 0.0833. The molecule has 3 nitrogen and oxygen atoms in total. The number of fused-ring (bicyclic) bond motifs is 1. The molecule has 1 aliphatic carbocycles. The lowest BCUT2D eigenvalue weighted by Crippen LogP contribution is -2.24. The minimum Gasteiger partial charge on any atom is -0.507 e. The maximum absolute atomic E-state index is 12.4. The van der Waals surface area contributed by atoms with Crippen LogP contribution >= 0.6 is 0 Å². The second kappa shape index (κ2) is 7.04. The Morgan fingerprint density at radius 1 is 0.593 bits per heavy atom. The number of aliphatic hydroxyl groups is 1. The smallest absolute Gasteiger partial charge is 0.234 e. The highest BCUT2D eigenvalue weighted by Gasteiger charge is 2.32. The Hall–Kier alpha value is -3.46. The monoisotopic (exact) mass is 354 g/mol. The van der Waals surface area contributed by atoms with E-state index in [1.54, 1.807) is 24.3 Å². The summed E-state index contributed by atoms with van der Waals surface area (Å²) in [6.45, 7) is 0. The minimum absolute atomic E-state index is 0.0731. The summed E-state index contributed by atoms with van der Waals surface area (Å²) in [6, 6.07) is 24.9. The van der Waals surface area contributed by atoms with Crippen LogP contribution in [0.3, 0.4) is 0 Å². The molecule has 0 heterocycles. The van der Waals surface area contributed by atoms with Crippen molar-refractivity contribution in [2.24, 2.45) is 0 Å². The lowest BCUT2D eigenvalue weighted by atomic mass is 9.86. The summed E-state index contributed by atoms with van der Waals surface area (Å²) in [4.78, 5) is 24.7. The first-order valence-electron chi connectivity index (χ1n) is 8.90. The molecule has 0 unspecified atom stereocenters.